The molecule has 0 saturated carbocycles. The molecule has 0 spiro atoms. The van der Waals surface area contributed by atoms with Gasteiger partial charge in [-0.1, -0.05) is 175 Å². The van der Waals surface area contributed by atoms with Crippen molar-refractivity contribution in [1.82, 2.24) is 0 Å². The molecule has 37 heavy (non-hydrogen) atoms. The molecule has 0 aromatic rings. The van der Waals surface area contributed by atoms with E-state index in [1.54, 1.807) is 0 Å². The lowest BCUT2D eigenvalue weighted by Gasteiger charge is -2.34. The smallest absolute Gasteiger partial charge is 0.0969 e. The van der Waals surface area contributed by atoms with Crippen LogP contribution in [0.25, 0.3) is 0 Å². The molecule has 0 saturated heterocycles. The zero-order valence-electron chi connectivity index (χ0n) is 26.7. The highest BCUT2D eigenvalue weighted by atomic mass is 15.3. The largest absolute Gasteiger partial charge is 0.323 e. The summed E-state index contributed by atoms with van der Waals surface area (Å²) in [5.41, 5.74) is 0. The van der Waals surface area contributed by atoms with Crippen molar-refractivity contribution in [3.05, 3.63) is 12.7 Å². The molecule has 0 aromatic carbocycles. The van der Waals surface area contributed by atoms with Crippen LogP contribution in [0.1, 0.15) is 194 Å². The van der Waals surface area contributed by atoms with Gasteiger partial charge in [-0.3, -0.25) is 0 Å². The van der Waals surface area contributed by atoms with Gasteiger partial charge in [0, 0.05) is 0 Å². The van der Waals surface area contributed by atoms with Crippen LogP contribution in [0.15, 0.2) is 12.7 Å². The van der Waals surface area contributed by atoms with E-state index >= 15 is 0 Å². The summed E-state index contributed by atoms with van der Waals surface area (Å²) < 4.78 is 1.22. The Kier molecular flexibility index (Phi) is 30.0. The van der Waals surface area contributed by atoms with Crippen molar-refractivity contribution >= 4 is 0 Å². The summed E-state index contributed by atoms with van der Waals surface area (Å²) in [6.07, 6.45) is 42.8. The Morgan fingerprint density at radius 3 is 0.811 bits per heavy atom. The number of likely N-dealkylation sites (N-methyl/N-ethyl adjacent to an activating group) is 1. The van der Waals surface area contributed by atoms with Crippen molar-refractivity contribution in [2.75, 3.05) is 26.7 Å². The summed E-state index contributed by atoms with van der Waals surface area (Å²) in [5, 5.41) is 0. The van der Waals surface area contributed by atoms with Crippen molar-refractivity contribution in [3.63, 3.8) is 0 Å². The number of hydrogen-bond acceptors (Lipinski definition) is 0. The Balaban J connectivity index is 3.53. The molecular weight excluding hydrogens is 446 g/mol. The molecule has 0 aliphatic carbocycles. The number of unbranched alkanes of at least 4 members (excludes halogenated alkanes) is 26. The molecule has 0 atom stereocenters. The van der Waals surface area contributed by atoms with E-state index < -0.39 is 0 Å². The molecule has 0 unspecified atom stereocenters. The SMILES string of the molecule is C=CC[N+](C)(CCCCCCCCCCCCCCCC)CCCCCCCCCCCCCCCC. The molecule has 0 aliphatic heterocycles. The maximum Gasteiger partial charge on any atom is 0.0969 e. The van der Waals surface area contributed by atoms with Crippen molar-refractivity contribution in [1.29, 1.82) is 0 Å². The highest BCUT2D eigenvalue weighted by Crippen LogP contribution is 2.16. The molecule has 0 heterocycles. The Morgan fingerprint density at radius 1 is 0.378 bits per heavy atom. The minimum atomic E-state index is 1.15. The maximum absolute atomic E-state index is 4.07. The van der Waals surface area contributed by atoms with Crippen molar-refractivity contribution in [3.8, 4) is 0 Å². The van der Waals surface area contributed by atoms with Crippen LogP contribution in [0.2, 0.25) is 0 Å². The predicted octanol–water partition coefficient (Wildman–Crippen LogP) is 12.6. The van der Waals surface area contributed by atoms with Crippen LogP contribution >= 0.6 is 0 Å². The topological polar surface area (TPSA) is 0 Å². The Hall–Kier alpha value is -0.300. The van der Waals surface area contributed by atoms with Crippen LogP contribution < -0.4 is 0 Å². The summed E-state index contributed by atoms with van der Waals surface area (Å²) in [7, 11) is 2.48. The third-order valence-electron chi connectivity index (χ3n) is 8.67. The first-order valence-corrected chi connectivity index (χ1v) is 17.6. The fourth-order valence-corrected chi connectivity index (χ4v) is 5.98. The second-order valence-electron chi connectivity index (χ2n) is 12.7. The summed E-state index contributed by atoms with van der Waals surface area (Å²) >= 11 is 0. The number of hydrogen-bond donors (Lipinski definition) is 0. The zero-order valence-corrected chi connectivity index (χ0v) is 26.7. The van der Waals surface area contributed by atoms with E-state index in [0.29, 0.717) is 0 Å². The van der Waals surface area contributed by atoms with E-state index in [4.69, 9.17) is 0 Å². The monoisotopic (exact) mass is 521 g/mol. The summed E-state index contributed by atoms with van der Waals surface area (Å²) in [5.74, 6) is 0. The molecule has 1 heteroatoms. The maximum atomic E-state index is 4.07. The average Bonchev–Trinajstić information content (AvgIpc) is 2.89. The first kappa shape index (κ1) is 36.7. The lowest BCUT2D eigenvalue weighted by molar-refractivity contribution is -0.904. The van der Waals surface area contributed by atoms with Gasteiger partial charge in [-0.2, -0.15) is 0 Å². The second-order valence-corrected chi connectivity index (χ2v) is 12.7. The highest BCUT2D eigenvalue weighted by molar-refractivity contribution is 4.66. The third-order valence-corrected chi connectivity index (χ3v) is 8.67. The molecule has 0 aliphatic rings. The minimum absolute atomic E-state index is 1.15. The van der Waals surface area contributed by atoms with Gasteiger partial charge in [-0.05, 0) is 31.8 Å². The molecule has 0 amide bonds. The molecule has 0 radical (unpaired) electrons. The normalized spacial score (nSPS) is 11.9. The van der Waals surface area contributed by atoms with Crippen LogP contribution in [-0.4, -0.2) is 31.2 Å². The van der Waals surface area contributed by atoms with Gasteiger partial charge in [0.25, 0.3) is 0 Å². The second kappa shape index (κ2) is 30.2. The van der Waals surface area contributed by atoms with Crippen LogP contribution in [0.4, 0.5) is 0 Å². The molecule has 0 rings (SSSR count). The van der Waals surface area contributed by atoms with Gasteiger partial charge < -0.3 is 4.48 Å². The van der Waals surface area contributed by atoms with Gasteiger partial charge in [0.2, 0.25) is 0 Å². The Labute approximate surface area is 237 Å². The molecular formula is C36H74N+. The highest BCUT2D eigenvalue weighted by Gasteiger charge is 2.18. The quantitative estimate of drug-likeness (QED) is 0.0470. The van der Waals surface area contributed by atoms with Gasteiger partial charge in [0.15, 0.2) is 0 Å². The number of rotatable bonds is 32. The number of quaternary nitrogens is 1. The fourth-order valence-electron chi connectivity index (χ4n) is 5.98. The lowest BCUT2D eigenvalue weighted by Crippen LogP contribution is -2.45. The van der Waals surface area contributed by atoms with Gasteiger partial charge in [0.05, 0.1) is 26.7 Å². The molecule has 0 fully saturated rings. The molecule has 0 aromatic heterocycles. The minimum Gasteiger partial charge on any atom is -0.323 e. The van der Waals surface area contributed by atoms with Gasteiger partial charge in [0.1, 0.15) is 0 Å². The zero-order chi connectivity index (χ0) is 27.1. The van der Waals surface area contributed by atoms with Crippen LogP contribution in [0.5, 0.6) is 0 Å². The molecule has 222 valence electrons. The lowest BCUT2D eigenvalue weighted by atomic mass is 10.0. The summed E-state index contributed by atoms with van der Waals surface area (Å²) in [4.78, 5) is 0. The van der Waals surface area contributed by atoms with Crippen molar-refractivity contribution in [2.45, 2.75) is 194 Å². The Morgan fingerprint density at radius 2 is 0.595 bits per heavy atom. The standard InChI is InChI=1S/C36H74N/c1-5-8-10-12-14-16-18-20-22-24-26-28-30-32-35-37(4,34-7-3)36-33-31-29-27-25-23-21-19-17-15-13-11-9-6-2/h7H,3,5-6,8-36H2,1-2,4H3/q+1. The van der Waals surface area contributed by atoms with Crippen LogP contribution in [-0.2, 0) is 0 Å². The van der Waals surface area contributed by atoms with Gasteiger partial charge in [-0.25, -0.2) is 0 Å². The third kappa shape index (κ3) is 28.5. The van der Waals surface area contributed by atoms with E-state index in [1.165, 1.54) is 197 Å². The van der Waals surface area contributed by atoms with Crippen molar-refractivity contribution in [2.24, 2.45) is 0 Å². The van der Waals surface area contributed by atoms with Crippen molar-refractivity contribution < 1.29 is 4.48 Å². The van der Waals surface area contributed by atoms with E-state index in [0.717, 1.165) is 6.54 Å². The van der Waals surface area contributed by atoms with Crippen LogP contribution in [0, 0.1) is 0 Å². The van der Waals surface area contributed by atoms with Gasteiger partial charge in [-0.15, -0.1) is 0 Å². The first-order chi connectivity index (χ1) is 18.2. The predicted molar refractivity (Wildman–Crippen MR) is 172 cm³/mol. The fraction of sp³-hybridized carbons (Fsp3) is 0.944. The van der Waals surface area contributed by atoms with Gasteiger partial charge >= 0.3 is 0 Å². The van der Waals surface area contributed by atoms with Crippen LogP contribution in [0.3, 0.4) is 0 Å². The average molecular weight is 521 g/mol. The molecule has 0 bridgehead atoms. The Bertz CT molecular complexity index is 396. The number of nitrogens with zero attached hydrogens (tertiary/aromatic N) is 1. The van der Waals surface area contributed by atoms with E-state index in [-0.39, 0.29) is 0 Å². The van der Waals surface area contributed by atoms with E-state index in [9.17, 15) is 0 Å². The molecule has 0 N–H and O–H groups in total. The summed E-state index contributed by atoms with van der Waals surface area (Å²) in [6, 6.07) is 0. The first-order valence-electron chi connectivity index (χ1n) is 17.6. The van der Waals surface area contributed by atoms with E-state index in [2.05, 4.69) is 33.6 Å². The molecule has 1 nitrogen and oxygen atoms in total. The summed E-state index contributed by atoms with van der Waals surface area (Å²) in [6.45, 7) is 12.5. The van der Waals surface area contributed by atoms with E-state index in [1.807, 2.05) is 0 Å².